The number of carbonyl (C=O) groups excluding carboxylic acids is 2. The molecule has 0 spiro atoms. The van der Waals surface area contributed by atoms with Crippen LogP contribution in [0, 0.1) is 30.4 Å². The Kier molecular flexibility index (Phi) is 5.11. The molecule has 1 aliphatic rings. The number of nitrogens with two attached hydrogens (primary N) is 1. The van der Waals surface area contributed by atoms with Gasteiger partial charge in [0.1, 0.15) is 5.56 Å². The highest BCUT2D eigenvalue weighted by Gasteiger charge is 2.33. The zero-order chi connectivity index (χ0) is 19.9. The van der Waals surface area contributed by atoms with Crippen molar-refractivity contribution in [2.75, 3.05) is 13.1 Å². The lowest BCUT2D eigenvalue weighted by Gasteiger charge is -2.32. The highest BCUT2D eigenvalue weighted by molar-refractivity contribution is 6.37. The van der Waals surface area contributed by atoms with E-state index in [-0.39, 0.29) is 33.9 Å². The highest BCUT2D eigenvalue weighted by Crippen LogP contribution is 2.41. The number of halogens is 3. The first-order valence-electron chi connectivity index (χ1n) is 8.48. The Labute approximate surface area is 159 Å². The fraction of sp³-hybridized carbons (Fsp3) is 0.368. The summed E-state index contributed by atoms with van der Waals surface area (Å²) in [7, 11) is 0. The van der Waals surface area contributed by atoms with Crippen LogP contribution in [0.3, 0.4) is 0 Å². The van der Waals surface area contributed by atoms with E-state index in [9.17, 15) is 14.0 Å². The first kappa shape index (κ1) is 19.2. The van der Waals surface area contributed by atoms with Gasteiger partial charge in [-0.3, -0.25) is 9.59 Å². The number of benzene rings is 1. The maximum Gasteiger partial charge on any atom is 0.298 e. The summed E-state index contributed by atoms with van der Waals surface area (Å²) >= 11 is 6.34. The van der Waals surface area contributed by atoms with E-state index in [1.54, 1.807) is 13.8 Å². The molecule has 0 bridgehead atoms. The van der Waals surface area contributed by atoms with Crippen LogP contribution in [0.15, 0.2) is 0 Å². The number of hydrogen-bond donors (Lipinski definition) is 2. The summed E-state index contributed by atoms with van der Waals surface area (Å²) in [5.74, 6) is 0.635. The second kappa shape index (κ2) is 7.20. The number of aromatic nitrogens is 1. The van der Waals surface area contributed by atoms with E-state index in [2.05, 4.69) is 16.8 Å². The van der Waals surface area contributed by atoms with Crippen molar-refractivity contribution in [3.63, 3.8) is 0 Å². The van der Waals surface area contributed by atoms with Crippen LogP contribution in [-0.2, 0) is 4.79 Å². The highest BCUT2D eigenvalue weighted by atomic mass is 35.5. The Morgan fingerprint density at radius 3 is 2.67 bits per heavy atom. The molecule has 1 aromatic carbocycles. The topological polar surface area (TPSA) is 79.2 Å². The van der Waals surface area contributed by atoms with Crippen LogP contribution in [0.1, 0.15) is 47.3 Å². The monoisotopic (exact) mass is 393 g/mol. The number of hydrogen-bond acceptors (Lipinski definition) is 2. The molecule has 0 saturated carbocycles. The van der Waals surface area contributed by atoms with Crippen molar-refractivity contribution in [3.05, 3.63) is 33.5 Å². The molecule has 142 valence electrons. The molecule has 8 heteroatoms. The zero-order valence-electron chi connectivity index (χ0n) is 14.9. The second-order valence-electron chi connectivity index (χ2n) is 6.56. The van der Waals surface area contributed by atoms with Gasteiger partial charge in [-0.2, -0.15) is 0 Å². The molecule has 1 atom stereocenters. The Hall–Kier alpha value is -2.59. The van der Waals surface area contributed by atoms with Crippen LogP contribution in [0.2, 0.25) is 5.02 Å². The Balaban J connectivity index is 2.21. The van der Waals surface area contributed by atoms with E-state index in [1.165, 1.54) is 4.90 Å². The minimum Gasteiger partial charge on any atom is -0.365 e. The Morgan fingerprint density at radius 2 is 2.04 bits per heavy atom. The lowest BCUT2D eigenvalue weighted by molar-refractivity contribution is -0.126. The van der Waals surface area contributed by atoms with Crippen molar-refractivity contribution in [1.82, 2.24) is 9.88 Å². The van der Waals surface area contributed by atoms with Gasteiger partial charge in [0.2, 0.25) is 0 Å². The Morgan fingerprint density at radius 1 is 1.33 bits per heavy atom. The van der Waals surface area contributed by atoms with Crippen molar-refractivity contribution < 1.29 is 18.4 Å². The summed E-state index contributed by atoms with van der Waals surface area (Å²) in [6.45, 7) is 3.88. The zero-order valence-corrected chi connectivity index (χ0v) is 15.6. The van der Waals surface area contributed by atoms with Crippen molar-refractivity contribution in [3.8, 4) is 11.8 Å². The number of likely N-dealkylation sites (tertiary alicyclic amines) is 1. The van der Waals surface area contributed by atoms with Gasteiger partial charge in [0, 0.05) is 35.7 Å². The number of rotatable bonds is 2. The van der Waals surface area contributed by atoms with Crippen LogP contribution in [0.25, 0.3) is 10.9 Å². The first-order valence-corrected chi connectivity index (χ1v) is 8.85. The van der Waals surface area contributed by atoms with Crippen molar-refractivity contribution in [2.24, 2.45) is 5.73 Å². The number of aromatic amines is 1. The van der Waals surface area contributed by atoms with Gasteiger partial charge >= 0.3 is 0 Å². The predicted molar refractivity (Wildman–Crippen MR) is 98.5 cm³/mol. The molecule has 3 rings (SSSR count). The molecule has 1 fully saturated rings. The summed E-state index contributed by atoms with van der Waals surface area (Å²) in [4.78, 5) is 28.1. The van der Waals surface area contributed by atoms with E-state index in [1.807, 2.05) is 0 Å². The summed E-state index contributed by atoms with van der Waals surface area (Å²) in [6, 6.07) is 0. The van der Waals surface area contributed by atoms with E-state index in [0.717, 1.165) is 0 Å². The molecular formula is C19H18ClF2N3O2. The summed E-state index contributed by atoms with van der Waals surface area (Å²) < 4.78 is 29.7. The van der Waals surface area contributed by atoms with Gasteiger partial charge in [0.15, 0.2) is 11.6 Å². The molecule has 1 unspecified atom stereocenters. The molecule has 3 N–H and O–H groups in total. The van der Waals surface area contributed by atoms with Gasteiger partial charge in [0.25, 0.3) is 11.8 Å². The van der Waals surface area contributed by atoms with E-state index < -0.39 is 29.0 Å². The van der Waals surface area contributed by atoms with Gasteiger partial charge < -0.3 is 15.6 Å². The molecule has 0 aliphatic carbocycles. The van der Waals surface area contributed by atoms with E-state index in [0.29, 0.717) is 25.1 Å². The number of piperidine rings is 1. The summed E-state index contributed by atoms with van der Waals surface area (Å²) in [6.07, 6.45) is 1.16. The lowest BCUT2D eigenvalue weighted by Crippen LogP contribution is -2.38. The minimum atomic E-state index is -1.31. The van der Waals surface area contributed by atoms with Crippen LogP contribution < -0.4 is 5.73 Å². The molecule has 2 amide bonds. The standard InChI is InChI=1S/C19H18ClF2N3O2/c1-3-5-11(26)25-7-4-6-10(8-25)12-13-15(20)9(2)24-18(13)14(19(23)27)17(22)16(12)21/h10,24H,4,6-8H2,1-2H3,(H2,23,27). The van der Waals surface area contributed by atoms with Gasteiger partial charge in [-0.05, 0) is 32.6 Å². The first-order chi connectivity index (χ1) is 12.8. The third-order valence-electron chi connectivity index (χ3n) is 4.87. The van der Waals surface area contributed by atoms with Crippen molar-refractivity contribution in [1.29, 1.82) is 0 Å². The average Bonchev–Trinajstić information content (AvgIpc) is 2.90. The fourth-order valence-electron chi connectivity index (χ4n) is 3.69. The van der Waals surface area contributed by atoms with Crippen LogP contribution in [0.4, 0.5) is 8.78 Å². The fourth-order valence-corrected chi connectivity index (χ4v) is 3.93. The Bertz CT molecular complexity index is 1020. The molecule has 1 aliphatic heterocycles. The summed E-state index contributed by atoms with van der Waals surface area (Å²) in [5.41, 5.74) is 5.31. The third kappa shape index (κ3) is 3.15. The number of primary amides is 1. The molecular weight excluding hydrogens is 376 g/mol. The second-order valence-corrected chi connectivity index (χ2v) is 6.94. The quantitative estimate of drug-likeness (QED) is 0.768. The van der Waals surface area contributed by atoms with Crippen LogP contribution in [-0.4, -0.2) is 34.8 Å². The van der Waals surface area contributed by atoms with Gasteiger partial charge in [-0.15, -0.1) is 0 Å². The number of amides is 2. The lowest BCUT2D eigenvalue weighted by atomic mass is 9.86. The largest absolute Gasteiger partial charge is 0.365 e. The molecule has 0 radical (unpaired) electrons. The smallest absolute Gasteiger partial charge is 0.298 e. The summed E-state index contributed by atoms with van der Waals surface area (Å²) in [5, 5.41) is 0.445. The maximum atomic E-state index is 15.0. The van der Waals surface area contributed by atoms with E-state index >= 15 is 4.39 Å². The number of nitrogens with one attached hydrogen (secondary N) is 1. The molecule has 27 heavy (non-hydrogen) atoms. The van der Waals surface area contributed by atoms with Crippen LogP contribution in [0.5, 0.6) is 0 Å². The van der Waals surface area contributed by atoms with E-state index in [4.69, 9.17) is 17.3 Å². The number of H-pyrrole nitrogens is 1. The van der Waals surface area contributed by atoms with Gasteiger partial charge in [-0.1, -0.05) is 17.5 Å². The molecule has 2 heterocycles. The predicted octanol–water partition coefficient (Wildman–Crippen LogP) is 3.24. The number of nitrogens with zero attached hydrogens (tertiary/aromatic N) is 1. The molecule has 5 nitrogen and oxygen atoms in total. The average molecular weight is 394 g/mol. The SMILES string of the molecule is CC#CC(=O)N1CCCC(c2c(F)c(F)c(C(N)=O)c3[nH]c(C)c(Cl)c23)C1. The molecule has 1 saturated heterocycles. The molecule has 1 aromatic heterocycles. The third-order valence-corrected chi connectivity index (χ3v) is 5.35. The van der Waals surface area contributed by atoms with Crippen molar-refractivity contribution in [2.45, 2.75) is 32.6 Å². The molecule has 2 aromatic rings. The number of aryl methyl sites for hydroxylation is 1. The van der Waals surface area contributed by atoms with Gasteiger partial charge in [0.05, 0.1) is 10.5 Å². The number of carbonyl (C=O) groups is 2. The van der Waals surface area contributed by atoms with Crippen LogP contribution >= 0.6 is 11.6 Å². The maximum absolute atomic E-state index is 15.0. The number of fused-ring (bicyclic) bond motifs is 1. The minimum absolute atomic E-state index is 0.0591. The van der Waals surface area contributed by atoms with Gasteiger partial charge in [-0.25, -0.2) is 8.78 Å². The normalized spacial score (nSPS) is 16.9. The van der Waals surface area contributed by atoms with Crippen molar-refractivity contribution >= 4 is 34.3 Å².